The van der Waals surface area contributed by atoms with E-state index in [4.69, 9.17) is 4.74 Å². The molecule has 136 valence electrons. The van der Waals surface area contributed by atoms with Crippen LogP contribution < -0.4 is 5.32 Å². The Hall–Kier alpha value is -1.99. The zero-order chi connectivity index (χ0) is 17.6. The van der Waals surface area contributed by atoms with Crippen molar-refractivity contribution in [3.63, 3.8) is 0 Å². The Kier molecular flexibility index (Phi) is 5.99. The van der Waals surface area contributed by atoms with Crippen molar-refractivity contribution >= 4 is 11.6 Å². The van der Waals surface area contributed by atoms with Gasteiger partial charge in [-0.05, 0) is 5.92 Å². The van der Waals surface area contributed by atoms with Crippen LogP contribution in [0.15, 0.2) is 24.8 Å². The summed E-state index contributed by atoms with van der Waals surface area (Å²) in [6, 6.07) is 0.322. The van der Waals surface area contributed by atoms with Gasteiger partial charge in [0.2, 0.25) is 0 Å². The first kappa shape index (κ1) is 17.8. The van der Waals surface area contributed by atoms with E-state index in [1.54, 1.807) is 18.6 Å². The molecule has 1 fully saturated rings. The molecule has 0 radical (unpaired) electrons. The summed E-state index contributed by atoms with van der Waals surface area (Å²) in [5, 5.41) is 3.09. The van der Waals surface area contributed by atoms with Gasteiger partial charge in [0.15, 0.2) is 11.3 Å². The summed E-state index contributed by atoms with van der Waals surface area (Å²) in [6.45, 7) is 8.43. The number of amides is 1. The van der Waals surface area contributed by atoms with Crippen LogP contribution >= 0.6 is 0 Å². The molecule has 0 saturated carbocycles. The van der Waals surface area contributed by atoms with Gasteiger partial charge < -0.3 is 14.5 Å². The number of hydrogen-bond acceptors (Lipinski definition) is 5. The fourth-order valence-corrected chi connectivity index (χ4v) is 3.63. The smallest absolute Gasteiger partial charge is 0.273 e. The number of carbonyl (C=O) groups is 1. The largest absolute Gasteiger partial charge is 0.379 e. The Labute approximate surface area is 148 Å². The normalized spacial score (nSPS) is 17.1. The Bertz CT molecular complexity index is 692. The first-order chi connectivity index (χ1) is 12.2. The number of nitrogens with one attached hydrogen (secondary N) is 1. The Balaban J connectivity index is 1.71. The van der Waals surface area contributed by atoms with Crippen LogP contribution in [0.25, 0.3) is 5.65 Å². The predicted octanol–water partition coefficient (Wildman–Crippen LogP) is 1.60. The number of hydrogen-bond donors (Lipinski definition) is 1. The standard InChI is InChI=1S/C18H27N5O2/c1-3-14(4-2)15(22-9-11-25-12-10-22)13-21-18(24)16-17-20-6-8-23(17)7-5-19-16/h5-8,14-15H,3-4,9-13H2,1-2H3,(H,21,24). The molecule has 1 unspecified atom stereocenters. The number of nitrogens with zero attached hydrogens (tertiary/aromatic N) is 4. The van der Waals surface area contributed by atoms with Gasteiger partial charge in [0, 0.05) is 50.5 Å². The van der Waals surface area contributed by atoms with Crippen molar-refractivity contribution in [3.8, 4) is 0 Å². The molecule has 0 aromatic carbocycles. The lowest BCUT2D eigenvalue weighted by atomic mass is 9.92. The predicted molar refractivity (Wildman–Crippen MR) is 95.6 cm³/mol. The van der Waals surface area contributed by atoms with E-state index in [-0.39, 0.29) is 5.91 Å². The van der Waals surface area contributed by atoms with E-state index < -0.39 is 0 Å². The number of imidazole rings is 1. The third-order valence-electron chi connectivity index (χ3n) is 5.11. The second-order valence-corrected chi connectivity index (χ2v) is 6.44. The average molecular weight is 345 g/mol. The number of aromatic nitrogens is 3. The van der Waals surface area contributed by atoms with Crippen molar-refractivity contribution in [2.75, 3.05) is 32.8 Å². The molecule has 7 nitrogen and oxygen atoms in total. The quantitative estimate of drug-likeness (QED) is 0.825. The molecule has 1 aliphatic heterocycles. The van der Waals surface area contributed by atoms with Crippen LogP contribution in [0.3, 0.4) is 0 Å². The van der Waals surface area contributed by atoms with Crippen molar-refractivity contribution in [2.45, 2.75) is 32.7 Å². The summed E-state index contributed by atoms with van der Waals surface area (Å²) in [6.07, 6.45) is 9.11. The minimum Gasteiger partial charge on any atom is -0.379 e. The van der Waals surface area contributed by atoms with Gasteiger partial charge >= 0.3 is 0 Å². The van der Waals surface area contributed by atoms with Gasteiger partial charge in [-0.3, -0.25) is 9.69 Å². The van der Waals surface area contributed by atoms with Crippen LogP contribution in [0.2, 0.25) is 0 Å². The van der Waals surface area contributed by atoms with E-state index in [9.17, 15) is 4.79 Å². The SMILES string of the molecule is CCC(CC)C(CNC(=O)c1nccn2ccnc12)N1CCOCC1. The van der Waals surface area contributed by atoms with Crippen LogP contribution in [0.5, 0.6) is 0 Å². The molecule has 0 bridgehead atoms. The number of rotatable bonds is 7. The van der Waals surface area contributed by atoms with Crippen LogP contribution in [-0.4, -0.2) is 64.1 Å². The van der Waals surface area contributed by atoms with E-state index in [2.05, 4.69) is 34.0 Å². The lowest BCUT2D eigenvalue weighted by molar-refractivity contribution is 0.00190. The Morgan fingerprint density at radius 2 is 1.88 bits per heavy atom. The highest BCUT2D eigenvalue weighted by Crippen LogP contribution is 2.19. The van der Waals surface area contributed by atoms with Gasteiger partial charge in [0.1, 0.15) is 0 Å². The molecule has 1 amide bonds. The van der Waals surface area contributed by atoms with E-state index in [0.717, 1.165) is 39.1 Å². The lowest BCUT2D eigenvalue weighted by Crippen LogP contribution is -2.52. The molecular weight excluding hydrogens is 318 g/mol. The molecular formula is C18H27N5O2. The van der Waals surface area contributed by atoms with Gasteiger partial charge in [0.25, 0.3) is 5.91 Å². The summed E-state index contributed by atoms with van der Waals surface area (Å²) in [4.78, 5) is 23.6. The molecule has 3 rings (SSSR count). The molecule has 0 aliphatic carbocycles. The first-order valence-electron chi connectivity index (χ1n) is 9.12. The first-order valence-corrected chi connectivity index (χ1v) is 9.12. The van der Waals surface area contributed by atoms with E-state index in [0.29, 0.717) is 29.8 Å². The number of ether oxygens (including phenoxy) is 1. The van der Waals surface area contributed by atoms with Crippen molar-refractivity contribution in [1.29, 1.82) is 0 Å². The van der Waals surface area contributed by atoms with E-state index >= 15 is 0 Å². The highest BCUT2D eigenvalue weighted by molar-refractivity contribution is 5.97. The third-order valence-corrected chi connectivity index (χ3v) is 5.11. The molecule has 2 aromatic rings. The fourth-order valence-electron chi connectivity index (χ4n) is 3.63. The number of morpholine rings is 1. The highest BCUT2D eigenvalue weighted by atomic mass is 16.5. The van der Waals surface area contributed by atoms with Gasteiger partial charge in [-0.1, -0.05) is 26.7 Å². The maximum Gasteiger partial charge on any atom is 0.273 e. The van der Waals surface area contributed by atoms with Crippen molar-refractivity contribution in [1.82, 2.24) is 24.6 Å². The monoisotopic (exact) mass is 345 g/mol. The molecule has 25 heavy (non-hydrogen) atoms. The molecule has 0 spiro atoms. The maximum absolute atomic E-state index is 12.7. The van der Waals surface area contributed by atoms with Gasteiger partial charge in [0.05, 0.1) is 13.2 Å². The summed E-state index contributed by atoms with van der Waals surface area (Å²) >= 11 is 0. The van der Waals surface area contributed by atoms with Crippen molar-refractivity contribution < 1.29 is 9.53 Å². The minimum absolute atomic E-state index is 0.166. The highest BCUT2D eigenvalue weighted by Gasteiger charge is 2.27. The van der Waals surface area contributed by atoms with Gasteiger partial charge in [-0.25, -0.2) is 9.97 Å². The van der Waals surface area contributed by atoms with Crippen LogP contribution in [0.4, 0.5) is 0 Å². The second-order valence-electron chi connectivity index (χ2n) is 6.44. The molecule has 1 saturated heterocycles. The van der Waals surface area contributed by atoms with Crippen LogP contribution in [0.1, 0.15) is 37.2 Å². The van der Waals surface area contributed by atoms with E-state index in [1.807, 2.05) is 10.6 Å². The van der Waals surface area contributed by atoms with E-state index in [1.165, 1.54) is 0 Å². The molecule has 1 N–H and O–H groups in total. The zero-order valence-electron chi connectivity index (χ0n) is 15.0. The van der Waals surface area contributed by atoms with Gasteiger partial charge in [-0.2, -0.15) is 0 Å². The maximum atomic E-state index is 12.7. The molecule has 1 atom stereocenters. The lowest BCUT2D eigenvalue weighted by Gasteiger charge is -2.38. The fraction of sp³-hybridized carbons (Fsp3) is 0.611. The molecule has 1 aliphatic rings. The molecule has 3 heterocycles. The third kappa shape index (κ3) is 3.99. The van der Waals surface area contributed by atoms with Crippen molar-refractivity contribution in [3.05, 3.63) is 30.5 Å². The van der Waals surface area contributed by atoms with Crippen molar-refractivity contribution in [2.24, 2.45) is 5.92 Å². The minimum atomic E-state index is -0.166. The molecule has 7 heteroatoms. The summed E-state index contributed by atoms with van der Waals surface area (Å²) < 4.78 is 7.29. The van der Waals surface area contributed by atoms with Crippen LogP contribution in [0, 0.1) is 5.92 Å². The topological polar surface area (TPSA) is 71.8 Å². The summed E-state index contributed by atoms with van der Waals surface area (Å²) in [5.74, 6) is 0.384. The summed E-state index contributed by atoms with van der Waals surface area (Å²) in [7, 11) is 0. The Morgan fingerprint density at radius 3 is 2.56 bits per heavy atom. The van der Waals surface area contributed by atoms with Gasteiger partial charge in [-0.15, -0.1) is 0 Å². The summed E-state index contributed by atoms with van der Waals surface area (Å²) in [5.41, 5.74) is 0.961. The van der Waals surface area contributed by atoms with Crippen LogP contribution in [-0.2, 0) is 4.74 Å². The molecule has 2 aromatic heterocycles. The number of carbonyl (C=O) groups excluding carboxylic acids is 1. The zero-order valence-corrected chi connectivity index (χ0v) is 15.0. The average Bonchev–Trinajstić information content (AvgIpc) is 3.14. The Morgan fingerprint density at radius 1 is 1.20 bits per heavy atom. The number of fused-ring (bicyclic) bond motifs is 1. The second kappa shape index (κ2) is 8.40.